The van der Waals surface area contributed by atoms with Crippen LogP contribution in [0.2, 0.25) is 0 Å². The number of phenols is 1. The molecule has 8 nitrogen and oxygen atoms in total. The largest absolute Gasteiger partial charge is 0.508 e. The number of phenolic OH excluding ortho intramolecular Hbond substituents is 1. The molecule has 0 saturated carbocycles. The molecule has 3 amide bonds. The minimum atomic E-state index is -1.76. The van der Waals surface area contributed by atoms with Crippen molar-refractivity contribution in [2.45, 2.75) is 50.7 Å². The van der Waals surface area contributed by atoms with Gasteiger partial charge in [0.1, 0.15) is 18.0 Å². The number of likely N-dealkylation sites (tertiary alicyclic amines) is 1. The van der Waals surface area contributed by atoms with Crippen LogP contribution in [-0.4, -0.2) is 63.7 Å². The Balaban J connectivity index is 1.52. The van der Waals surface area contributed by atoms with Crippen LogP contribution in [0.15, 0.2) is 77.3 Å². The minimum Gasteiger partial charge on any atom is -0.508 e. The van der Waals surface area contributed by atoms with Gasteiger partial charge in [-0.3, -0.25) is 14.4 Å². The third-order valence-electron chi connectivity index (χ3n) is 7.05. The summed E-state index contributed by atoms with van der Waals surface area (Å²) in [4.78, 5) is 40.8. The van der Waals surface area contributed by atoms with Crippen molar-refractivity contribution in [2.24, 2.45) is 0 Å². The molecule has 1 fully saturated rings. The highest BCUT2D eigenvalue weighted by molar-refractivity contribution is 9.10. The third kappa shape index (κ3) is 6.86. The summed E-state index contributed by atoms with van der Waals surface area (Å²) in [6, 6.07) is 18.6. The Kier molecular flexibility index (Phi) is 9.54. The van der Waals surface area contributed by atoms with Crippen LogP contribution in [0.25, 0.3) is 0 Å². The molecule has 1 heterocycles. The number of carbonyl (C=O) groups excluding carboxylic acids is 3. The summed E-state index contributed by atoms with van der Waals surface area (Å²) >= 11 is 3.42. The Morgan fingerprint density at radius 2 is 1.75 bits per heavy atom. The molecule has 0 radical (unpaired) electrons. The number of aliphatic hydroxyl groups is 1. The summed E-state index contributed by atoms with van der Waals surface area (Å²) in [6.07, 6.45) is -3.29. The van der Waals surface area contributed by atoms with Gasteiger partial charge in [0, 0.05) is 28.6 Å². The van der Waals surface area contributed by atoms with Gasteiger partial charge in [-0.2, -0.15) is 0 Å². The van der Waals surface area contributed by atoms with Crippen molar-refractivity contribution < 1.29 is 29.0 Å². The van der Waals surface area contributed by atoms with Gasteiger partial charge in [0.25, 0.3) is 11.8 Å². The second-order valence-electron chi connectivity index (χ2n) is 9.81. The Hall–Kier alpha value is -3.76. The van der Waals surface area contributed by atoms with Crippen LogP contribution in [0.4, 0.5) is 4.39 Å². The molecule has 0 bridgehead atoms. The van der Waals surface area contributed by atoms with Crippen molar-refractivity contribution in [1.29, 1.82) is 0 Å². The van der Waals surface area contributed by atoms with Gasteiger partial charge in [-0.25, -0.2) is 4.39 Å². The molecule has 0 unspecified atom stereocenters. The summed E-state index contributed by atoms with van der Waals surface area (Å²) in [5.74, 6) is -2.04. The molecule has 0 aliphatic carbocycles. The third-order valence-corrected chi connectivity index (χ3v) is 7.82. The van der Waals surface area contributed by atoms with Crippen LogP contribution in [0.1, 0.15) is 33.5 Å². The highest BCUT2D eigenvalue weighted by Crippen LogP contribution is 2.24. The van der Waals surface area contributed by atoms with E-state index in [1.54, 1.807) is 31.2 Å². The van der Waals surface area contributed by atoms with E-state index in [-0.39, 0.29) is 37.2 Å². The van der Waals surface area contributed by atoms with Crippen LogP contribution < -0.4 is 10.6 Å². The Bertz CT molecular complexity index is 1370. The predicted octanol–water partition coefficient (Wildman–Crippen LogP) is 3.42. The number of benzene rings is 3. The van der Waals surface area contributed by atoms with E-state index in [1.807, 2.05) is 30.3 Å². The lowest BCUT2D eigenvalue weighted by Gasteiger charge is -2.30. The second-order valence-corrected chi connectivity index (χ2v) is 10.7. The van der Waals surface area contributed by atoms with E-state index in [1.165, 1.54) is 18.2 Å². The number of amides is 3. The standard InChI is InChI=1S/C30H31BrFN3O5/c1-18-22(11-7-13-26(18)36)28(38)34-24(14-19-8-3-2-4-9-19)27(37)30(40)35-17-21(32)15-25(35)29(39)33-16-20-10-5-6-12-23(20)31/h2-13,21,24-25,27,36-37H,14-17H2,1H3,(H,33,39)(H,34,38)/t21-,24+,25+,27+/m1/s1. The summed E-state index contributed by atoms with van der Waals surface area (Å²) in [6.45, 7) is 1.41. The summed E-state index contributed by atoms with van der Waals surface area (Å²) in [5, 5.41) is 26.7. The molecule has 3 aromatic carbocycles. The van der Waals surface area contributed by atoms with E-state index in [0.29, 0.717) is 5.56 Å². The maximum Gasteiger partial charge on any atom is 0.254 e. The van der Waals surface area contributed by atoms with Crippen molar-refractivity contribution in [3.8, 4) is 5.75 Å². The van der Waals surface area contributed by atoms with Gasteiger partial charge in [-0.15, -0.1) is 0 Å². The van der Waals surface area contributed by atoms with Crippen LogP contribution in [-0.2, 0) is 22.6 Å². The highest BCUT2D eigenvalue weighted by Gasteiger charge is 2.43. The van der Waals surface area contributed by atoms with Crippen molar-refractivity contribution >= 4 is 33.7 Å². The van der Waals surface area contributed by atoms with Crippen LogP contribution in [0.3, 0.4) is 0 Å². The molecule has 1 aliphatic heterocycles. The number of rotatable bonds is 9. The molecule has 1 saturated heterocycles. The molecule has 0 aromatic heterocycles. The SMILES string of the molecule is Cc1c(O)cccc1C(=O)N[C@@H](Cc1ccccc1)[C@H](O)C(=O)N1C[C@H](F)C[C@H]1C(=O)NCc1ccccc1Br. The number of carbonyl (C=O) groups is 3. The van der Waals surface area contributed by atoms with E-state index in [2.05, 4.69) is 26.6 Å². The fourth-order valence-corrected chi connectivity index (χ4v) is 5.21. The van der Waals surface area contributed by atoms with Gasteiger partial charge in [0.15, 0.2) is 6.10 Å². The van der Waals surface area contributed by atoms with Gasteiger partial charge < -0.3 is 25.7 Å². The molecule has 3 aromatic rings. The van der Waals surface area contributed by atoms with Crippen LogP contribution >= 0.6 is 15.9 Å². The number of halogens is 2. The zero-order valence-corrected chi connectivity index (χ0v) is 23.5. The number of hydrogen-bond acceptors (Lipinski definition) is 5. The zero-order chi connectivity index (χ0) is 28.8. The van der Waals surface area contributed by atoms with Crippen molar-refractivity contribution in [3.05, 3.63) is 99.5 Å². The molecule has 210 valence electrons. The topological polar surface area (TPSA) is 119 Å². The molecule has 0 spiro atoms. The highest BCUT2D eigenvalue weighted by atomic mass is 79.9. The van der Waals surface area contributed by atoms with E-state index in [9.17, 15) is 29.0 Å². The van der Waals surface area contributed by atoms with Crippen molar-refractivity contribution in [1.82, 2.24) is 15.5 Å². The number of nitrogens with one attached hydrogen (secondary N) is 2. The molecule has 4 atom stereocenters. The molecule has 1 aliphatic rings. The maximum absolute atomic E-state index is 14.5. The summed E-state index contributed by atoms with van der Waals surface area (Å²) in [7, 11) is 0. The second kappa shape index (κ2) is 13.1. The Morgan fingerprint density at radius 1 is 1.05 bits per heavy atom. The van der Waals surface area contributed by atoms with Gasteiger partial charge >= 0.3 is 0 Å². The first kappa shape index (κ1) is 29.2. The average Bonchev–Trinajstić information content (AvgIpc) is 3.35. The van der Waals surface area contributed by atoms with Crippen molar-refractivity contribution in [3.63, 3.8) is 0 Å². The fraction of sp³-hybridized carbons (Fsp3) is 0.300. The van der Waals surface area contributed by atoms with E-state index in [0.717, 1.165) is 20.5 Å². The molecular formula is C30H31BrFN3O5. The number of alkyl halides is 1. The fourth-order valence-electron chi connectivity index (χ4n) is 4.79. The predicted molar refractivity (Wildman–Crippen MR) is 151 cm³/mol. The first-order chi connectivity index (χ1) is 19.2. The van der Waals surface area contributed by atoms with Gasteiger partial charge in [-0.1, -0.05) is 70.5 Å². The molecule has 10 heteroatoms. The van der Waals surface area contributed by atoms with E-state index < -0.39 is 42.1 Å². The lowest BCUT2D eigenvalue weighted by Crippen LogP contribution is -2.55. The van der Waals surface area contributed by atoms with E-state index >= 15 is 0 Å². The number of aliphatic hydroxyl groups excluding tert-OH is 1. The quantitative estimate of drug-likeness (QED) is 0.296. The normalized spacial score (nSPS) is 18.1. The van der Waals surface area contributed by atoms with Gasteiger partial charge in [0.2, 0.25) is 5.91 Å². The summed E-state index contributed by atoms with van der Waals surface area (Å²) in [5.41, 5.74) is 2.10. The lowest BCUT2D eigenvalue weighted by molar-refractivity contribution is -0.146. The first-order valence-electron chi connectivity index (χ1n) is 12.9. The zero-order valence-electron chi connectivity index (χ0n) is 21.9. The minimum absolute atomic E-state index is 0.0636. The molecule has 4 N–H and O–H groups in total. The number of nitrogens with zero attached hydrogens (tertiary/aromatic N) is 1. The Labute approximate surface area is 240 Å². The smallest absolute Gasteiger partial charge is 0.254 e. The van der Waals surface area contributed by atoms with Crippen LogP contribution in [0, 0.1) is 6.92 Å². The maximum atomic E-state index is 14.5. The first-order valence-corrected chi connectivity index (χ1v) is 13.7. The van der Waals surface area contributed by atoms with Crippen LogP contribution in [0.5, 0.6) is 5.75 Å². The monoisotopic (exact) mass is 611 g/mol. The van der Waals surface area contributed by atoms with E-state index in [4.69, 9.17) is 0 Å². The van der Waals surface area contributed by atoms with Gasteiger partial charge in [-0.05, 0) is 42.7 Å². The Morgan fingerprint density at radius 3 is 2.48 bits per heavy atom. The molecular weight excluding hydrogens is 581 g/mol. The lowest BCUT2D eigenvalue weighted by atomic mass is 9.98. The number of hydrogen-bond donors (Lipinski definition) is 4. The molecule has 40 heavy (non-hydrogen) atoms. The van der Waals surface area contributed by atoms with Gasteiger partial charge in [0.05, 0.1) is 12.6 Å². The molecule has 4 rings (SSSR count). The van der Waals surface area contributed by atoms with Crippen molar-refractivity contribution in [2.75, 3.05) is 6.54 Å². The number of aromatic hydroxyl groups is 1. The summed E-state index contributed by atoms with van der Waals surface area (Å²) < 4.78 is 15.3. The average molecular weight is 612 g/mol.